The fraction of sp³-hybridized carbons (Fsp3) is 0.636. The molecule has 0 saturated heterocycles. The third-order valence-electron chi connectivity index (χ3n) is 3.75. The van der Waals surface area contributed by atoms with Crippen molar-refractivity contribution >= 4 is 6.29 Å². The third kappa shape index (κ3) is 1.04. The van der Waals surface area contributed by atoms with Gasteiger partial charge < -0.3 is 4.57 Å². The number of rotatable bonds is 2. The van der Waals surface area contributed by atoms with Gasteiger partial charge in [-0.25, -0.2) is 4.98 Å². The van der Waals surface area contributed by atoms with Crippen molar-refractivity contribution in [2.24, 2.45) is 11.8 Å². The molecule has 0 aromatic carbocycles. The topological polar surface area (TPSA) is 34.9 Å². The van der Waals surface area contributed by atoms with Crippen LogP contribution in [0.5, 0.6) is 0 Å². The molecule has 14 heavy (non-hydrogen) atoms. The fourth-order valence-corrected chi connectivity index (χ4v) is 3.02. The van der Waals surface area contributed by atoms with Crippen molar-refractivity contribution < 1.29 is 4.79 Å². The van der Waals surface area contributed by atoms with Crippen molar-refractivity contribution in [1.82, 2.24) is 9.55 Å². The summed E-state index contributed by atoms with van der Waals surface area (Å²) in [7, 11) is 0. The normalized spacial score (nSPS) is 35.0. The summed E-state index contributed by atoms with van der Waals surface area (Å²) in [5, 5.41) is 0. The lowest BCUT2D eigenvalue weighted by atomic mass is 10.0. The van der Waals surface area contributed by atoms with E-state index in [0.717, 1.165) is 23.8 Å². The number of carbonyl (C=O) groups is 1. The van der Waals surface area contributed by atoms with Gasteiger partial charge in [0.1, 0.15) is 5.69 Å². The van der Waals surface area contributed by atoms with Gasteiger partial charge in [0.05, 0.1) is 12.5 Å². The Morgan fingerprint density at radius 1 is 1.36 bits per heavy atom. The Morgan fingerprint density at radius 3 is 2.71 bits per heavy atom. The van der Waals surface area contributed by atoms with Crippen molar-refractivity contribution in [3.05, 3.63) is 18.2 Å². The van der Waals surface area contributed by atoms with Crippen LogP contribution in [0.3, 0.4) is 0 Å². The van der Waals surface area contributed by atoms with Crippen LogP contribution in [-0.4, -0.2) is 15.8 Å². The lowest BCUT2D eigenvalue weighted by Crippen LogP contribution is -1.99. The van der Waals surface area contributed by atoms with Gasteiger partial charge >= 0.3 is 0 Å². The van der Waals surface area contributed by atoms with Gasteiger partial charge in [0.15, 0.2) is 6.29 Å². The minimum absolute atomic E-state index is 0.584. The van der Waals surface area contributed by atoms with E-state index in [2.05, 4.69) is 9.55 Å². The molecule has 3 nitrogen and oxygen atoms in total. The molecular weight excluding hydrogens is 176 g/mol. The zero-order valence-electron chi connectivity index (χ0n) is 8.10. The Bertz CT molecular complexity index is 346. The molecule has 0 aliphatic heterocycles. The fourth-order valence-electron chi connectivity index (χ4n) is 3.02. The van der Waals surface area contributed by atoms with Gasteiger partial charge in [-0.1, -0.05) is 12.8 Å². The number of fused-ring (bicyclic) bond motifs is 1. The van der Waals surface area contributed by atoms with Crippen LogP contribution < -0.4 is 0 Å². The van der Waals surface area contributed by atoms with Gasteiger partial charge in [-0.2, -0.15) is 0 Å². The SMILES string of the molecule is O=Cc1cncn1C1C2CCCCC21. The predicted molar refractivity (Wildman–Crippen MR) is 52.1 cm³/mol. The van der Waals surface area contributed by atoms with E-state index in [1.54, 1.807) is 6.20 Å². The zero-order chi connectivity index (χ0) is 9.54. The lowest BCUT2D eigenvalue weighted by Gasteiger charge is -2.04. The minimum Gasteiger partial charge on any atom is -0.325 e. The molecule has 0 bridgehead atoms. The van der Waals surface area contributed by atoms with E-state index in [4.69, 9.17) is 0 Å². The first-order chi connectivity index (χ1) is 6.92. The summed E-state index contributed by atoms with van der Waals surface area (Å²) in [6.45, 7) is 0. The van der Waals surface area contributed by atoms with Crippen LogP contribution in [0.4, 0.5) is 0 Å². The molecule has 1 aromatic heterocycles. The Hall–Kier alpha value is -1.12. The second-order valence-electron chi connectivity index (χ2n) is 4.45. The number of nitrogens with zero attached hydrogens (tertiary/aromatic N) is 2. The van der Waals surface area contributed by atoms with Gasteiger partial charge in [0.2, 0.25) is 0 Å². The van der Waals surface area contributed by atoms with Crippen LogP contribution in [0.2, 0.25) is 0 Å². The molecule has 0 amide bonds. The predicted octanol–water partition coefficient (Wildman–Crippen LogP) is 2.06. The molecule has 1 heterocycles. The summed E-state index contributed by atoms with van der Waals surface area (Å²) in [6, 6.07) is 0.584. The van der Waals surface area contributed by atoms with Crippen molar-refractivity contribution in [3.8, 4) is 0 Å². The van der Waals surface area contributed by atoms with Crippen LogP contribution in [0.1, 0.15) is 42.2 Å². The van der Waals surface area contributed by atoms with E-state index in [1.807, 2.05) is 6.33 Å². The summed E-state index contributed by atoms with van der Waals surface area (Å²) in [4.78, 5) is 14.8. The number of aldehydes is 1. The van der Waals surface area contributed by atoms with Crippen LogP contribution >= 0.6 is 0 Å². The van der Waals surface area contributed by atoms with E-state index in [9.17, 15) is 4.79 Å². The Balaban J connectivity index is 1.87. The number of imidazole rings is 1. The summed E-state index contributed by atoms with van der Waals surface area (Å²) < 4.78 is 2.08. The van der Waals surface area contributed by atoms with E-state index in [-0.39, 0.29) is 0 Å². The quantitative estimate of drug-likeness (QED) is 0.669. The molecule has 2 saturated carbocycles. The van der Waals surface area contributed by atoms with E-state index >= 15 is 0 Å². The van der Waals surface area contributed by atoms with E-state index in [0.29, 0.717) is 6.04 Å². The summed E-state index contributed by atoms with van der Waals surface area (Å²) in [5.41, 5.74) is 0.740. The number of carbonyl (C=O) groups excluding carboxylic acids is 1. The van der Waals surface area contributed by atoms with Gasteiger partial charge in [-0.15, -0.1) is 0 Å². The maximum absolute atomic E-state index is 10.8. The van der Waals surface area contributed by atoms with Gasteiger partial charge in [0, 0.05) is 6.04 Å². The zero-order valence-corrected chi connectivity index (χ0v) is 8.10. The maximum atomic E-state index is 10.8. The highest BCUT2D eigenvalue weighted by molar-refractivity contribution is 5.71. The number of hydrogen-bond donors (Lipinski definition) is 0. The summed E-state index contributed by atoms with van der Waals surface area (Å²) in [6.07, 6.45) is 9.80. The van der Waals surface area contributed by atoms with Gasteiger partial charge in [-0.05, 0) is 24.7 Å². The van der Waals surface area contributed by atoms with Crippen molar-refractivity contribution in [3.63, 3.8) is 0 Å². The van der Waals surface area contributed by atoms with Crippen LogP contribution in [-0.2, 0) is 0 Å². The first-order valence-corrected chi connectivity index (χ1v) is 5.39. The molecule has 0 radical (unpaired) electrons. The van der Waals surface area contributed by atoms with Crippen molar-refractivity contribution in [1.29, 1.82) is 0 Å². The molecule has 2 aliphatic carbocycles. The molecule has 3 heteroatoms. The van der Waals surface area contributed by atoms with Crippen molar-refractivity contribution in [2.45, 2.75) is 31.7 Å². The second-order valence-corrected chi connectivity index (χ2v) is 4.45. The Morgan fingerprint density at radius 2 is 2.07 bits per heavy atom. The molecule has 2 fully saturated rings. The standard InChI is InChI=1S/C11H14N2O/c14-6-8-5-12-7-13(8)11-9-3-1-2-4-10(9)11/h5-7,9-11H,1-4H2. The number of aromatic nitrogens is 2. The minimum atomic E-state index is 0.584. The smallest absolute Gasteiger partial charge is 0.168 e. The van der Waals surface area contributed by atoms with Crippen LogP contribution in [0.25, 0.3) is 0 Å². The molecule has 0 N–H and O–H groups in total. The summed E-state index contributed by atoms with van der Waals surface area (Å²) in [5.74, 6) is 1.66. The first kappa shape index (κ1) is 8.21. The first-order valence-electron chi connectivity index (χ1n) is 5.39. The average Bonchev–Trinajstić information content (AvgIpc) is 2.77. The Kier molecular flexibility index (Phi) is 1.72. The average molecular weight is 190 g/mol. The molecule has 2 atom stereocenters. The molecule has 1 aromatic rings. The molecule has 74 valence electrons. The monoisotopic (exact) mass is 190 g/mol. The molecule has 2 aliphatic rings. The largest absolute Gasteiger partial charge is 0.325 e. The molecule has 3 rings (SSSR count). The third-order valence-corrected chi connectivity index (χ3v) is 3.75. The molecular formula is C11H14N2O. The van der Waals surface area contributed by atoms with E-state index < -0.39 is 0 Å². The molecule has 2 unspecified atom stereocenters. The second kappa shape index (κ2) is 2.94. The van der Waals surface area contributed by atoms with Gasteiger partial charge in [0.25, 0.3) is 0 Å². The van der Waals surface area contributed by atoms with Crippen molar-refractivity contribution in [2.75, 3.05) is 0 Å². The lowest BCUT2D eigenvalue weighted by molar-refractivity contribution is 0.111. The van der Waals surface area contributed by atoms with Gasteiger partial charge in [-0.3, -0.25) is 4.79 Å². The van der Waals surface area contributed by atoms with Crippen LogP contribution in [0.15, 0.2) is 12.5 Å². The highest BCUT2D eigenvalue weighted by atomic mass is 16.1. The molecule has 0 spiro atoms. The maximum Gasteiger partial charge on any atom is 0.168 e. The highest BCUT2D eigenvalue weighted by Crippen LogP contribution is 2.58. The number of hydrogen-bond acceptors (Lipinski definition) is 2. The summed E-state index contributed by atoms with van der Waals surface area (Å²) >= 11 is 0. The van der Waals surface area contributed by atoms with E-state index in [1.165, 1.54) is 25.7 Å². The highest BCUT2D eigenvalue weighted by Gasteiger charge is 2.52. The van der Waals surface area contributed by atoms with Crippen LogP contribution in [0, 0.1) is 11.8 Å². The Labute approximate surface area is 83.1 Å².